The van der Waals surface area contributed by atoms with Crippen molar-refractivity contribution < 1.29 is 37.5 Å². The molecule has 4 rings (SSSR count). The SMILES string of the molecule is CCOc1nc(N)nc2c1ncn2C1OC(COP(=S)(NC(C)C(=O)OC)Oc2ccccc2)C(F)C1(C)O. The van der Waals surface area contributed by atoms with E-state index in [1.54, 1.807) is 37.3 Å². The summed E-state index contributed by atoms with van der Waals surface area (Å²) < 4.78 is 44.9. The van der Waals surface area contributed by atoms with Crippen LogP contribution in [0, 0.1) is 0 Å². The fraction of sp³-hybridized carbons (Fsp3) is 0.478. The number of carbonyl (C=O) groups is 1. The van der Waals surface area contributed by atoms with Crippen molar-refractivity contribution >= 4 is 41.5 Å². The largest absolute Gasteiger partial charge is 0.476 e. The molecule has 6 unspecified atom stereocenters. The molecule has 0 spiro atoms. The minimum atomic E-state index is -3.44. The minimum absolute atomic E-state index is 0.0911. The number of nitrogens with zero attached hydrogens (tertiary/aromatic N) is 4. The van der Waals surface area contributed by atoms with Crippen LogP contribution in [0.5, 0.6) is 11.6 Å². The van der Waals surface area contributed by atoms with Gasteiger partial charge in [-0.2, -0.15) is 9.97 Å². The number of esters is 1. The molecule has 1 saturated heterocycles. The summed E-state index contributed by atoms with van der Waals surface area (Å²) in [7, 11) is 1.24. The van der Waals surface area contributed by atoms with Gasteiger partial charge < -0.3 is 34.1 Å². The van der Waals surface area contributed by atoms with Crippen molar-refractivity contribution in [3.63, 3.8) is 0 Å². The maximum absolute atomic E-state index is 15.6. The van der Waals surface area contributed by atoms with E-state index in [1.165, 1.54) is 31.9 Å². The van der Waals surface area contributed by atoms with Crippen LogP contribution in [0.25, 0.3) is 11.2 Å². The number of halogens is 1. The monoisotopic (exact) mass is 584 g/mol. The minimum Gasteiger partial charge on any atom is -0.476 e. The second kappa shape index (κ2) is 11.7. The molecule has 3 heterocycles. The van der Waals surface area contributed by atoms with Gasteiger partial charge in [-0.05, 0) is 44.7 Å². The average Bonchev–Trinajstić information content (AvgIpc) is 3.40. The number of benzene rings is 1. The number of imidazole rings is 1. The number of carbonyl (C=O) groups excluding carboxylic acids is 1. The third-order valence-electron chi connectivity index (χ3n) is 5.91. The number of nitrogens with two attached hydrogens (primary N) is 1. The predicted molar refractivity (Wildman–Crippen MR) is 142 cm³/mol. The summed E-state index contributed by atoms with van der Waals surface area (Å²) in [5, 5.41) is 14.0. The second-order valence-electron chi connectivity index (χ2n) is 8.87. The van der Waals surface area contributed by atoms with Crippen LogP contribution in [0.15, 0.2) is 36.7 Å². The van der Waals surface area contributed by atoms with Crippen molar-refractivity contribution in [2.24, 2.45) is 0 Å². The highest BCUT2D eigenvalue weighted by atomic mass is 32.5. The number of para-hydroxylation sites is 1. The van der Waals surface area contributed by atoms with Crippen molar-refractivity contribution in [3.8, 4) is 11.6 Å². The number of nitrogens with one attached hydrogen (secondary N) is 1. The van der Waals surface area contributed by atoms with Crippen LogP contribution in [-0.4, -0.2) is 74.8 Å². The lowest BCUT2D eigenvalue weighted by Gasteiger charge is -2.27. The highest BCUT2D eigenvalue weighted by Gasteiger charge is 2.55. The first-order valence-corrected chi connectivity index (χ1v) is 14.6. The Balaban J connectivity index is 1.58. The molecule has 4 N–H and O–H groups in total. The molecule has 1 aromatic carbocycles. The molecule has 13 nitrogen and oxygen atoms in total. The van der Waals surface area contributed by atoms with Gasteiger partial charge in [0.1, 0.15) is 23.5 Å². The number of methoxy groups -OCH3 is 1. The summed E-state index contributed by atoms with van der Waals surface area (Å²) in [4.78, 5) is 24.5. The maximum atomic E-state index is 15.6. The van der Waals surface area contributed by atoms with Gasteiger partial charge in [0, 0.05) is 0 Å². The maximum Gasteiger partial charge on any atom is 0.323 e. The van der Waals surface area contributed by atoms with Crippen LogP contribution in [0.2, 0.25) is 0 Å². The van der Waals surface area contributed by atoms with Gasteiger partial charge in [-0.3, -0.25) is 9.36 Å². The van der Waals surface area contributed by atoms with E-state index in [9.17, 15) is 9.90 Å². The summed E-state index contributed by atoms with van der Waals surface area (Å²) in [6.07, 6.45) is -3.11. The molecule has 3 aromatic rings. The van der Waals surface area contributed by atoms with Gasteiger partial charge in [0.05, 0.1) is 26.7 Å². The van der Waals surface area contributed by atoms with Crippen LogP contribution < -0.4 is 20.1 Å². The molecule has 0 aliphatic carbocycles. The molecule has 1 aliphatic heterocycles. The number of fused-ring (bicyclic) bond motifs is 1. The molecule has 0 bridgehead atoms. The molecular formula is C23H30FN6O7PS. The number of aliphatic hydroxyl groups is 1. The predicted octanol–water partition coefficient (Wildman–Crippen LogP) is 2.26. The number of rotatable bonds is 11. The van der Waals surface area contributed by atoms with Gasteiger partial charge in [0.2, 0.25) is 11.8 Å². The van der Waals surface area contributed by atoms with Crippen LogP contribution >= 0.6 is 6.64 Å². The van der Waals surface area contributed by atoms with Crippen molar-refractivity contribution in [2.75, 3.05) is 26.1 Å². The van der Waals surface area contributed by atoms with Crippen LogP contribution in [0.3, 0.4) is 0 Å². The van der Waals surface area contributed by atoms with E-state index < -0.39 is 49.4 Å². The summed E-state index contributed by atoms with van der Waals surface area (Å²) in [6.45, 7) is 1.05. The third-order valence-corrected chi connectivity index (χ3v) is 8.41. The quantitative estimate of drug-likeness (QED) is 0.222. The van der Waals surface area contributed by atoms with Gasteiger partial charge in [-0.1, -0.05) is 18.2 Å². The summed E-state index contributed by atoms with van der Waals surface area (Å²) >= 11 is 5.63. The van der Waals surface area contributed by atoms with E-state index in [0.717, 1.165) is 0 Å². The zero-order chi connectivity index (χ0) is 28.4. The lowest BCUT2D eigenvalue weighted by molar-refractivity contribution is -0.142. The number of hydrogen-bond acceptors (Lipinski definition) is 12. The lowest BCUT2D eigenvalue weighted by Crippen LogP contribution is -2.42. The Bertz CT molecular complexity index is 1360. The Morgan fingerprint density at radius 1 is 1.38 bits per heavy atom. The number of nitrogen functional groups attached to an aromatic ring is 1. The third kappa shape index (κ3) is 6.13. The highest BCUT2D eigenvalue weighted by molar-refractivity contribution is 8.09. The first kappa shape index (κ1) is 29.1. The number of alkyl halides is 1. The van der Waals surface area contributed by atoms with Gasteiger partial charge in [-0.25, -0.2) is 14.5 Å². The Hall–Kier alpha value is -2.94. The molecule has 212 valence electrons. The average molecular weight is 585 g/mol. The first-order valence-electron chi connectivity index (χ1n) is 12.0. The fourth-order valence-corrected chi connectivity index (χ4v) is 6.44. The van der Waals surface area contributed by atoms with Crippen LogP contribution in [-0.2, 0) is 30.6 Å². The summed E-state index contributed by atoms with van der Waals surface area (Å²) in [5.41, 5.74) is 4.27. The van der Waals surface area contributed by atoms with Crippen molar-refractivity contribution in [1.82, 2.24) is 24.6 Å². The van der Waals surface area contributed by atoms with E-state index in [2.05, 4.69) is 20.0 Å². The standard InChI is InChI=1S/C23H30FN6O7PS/c1-5-34-19-16-18(27-22(25)28-19)30(12-26-16)21-23(3,32)17(24)15(36-21)11-35-38(39,29-13(2)20(31)33-4)37-14-9-7-6-8-10-14/h6-10,12-13,15,17,21,32H,5,11H2,1-4H3,(H,29,39)(H2,25,27,28). The second-order valence-corrected chi connectivity index (χ2v) is 12.0. The van der Waals surface area contributed by atoms with E-state index in [0.29, 0.717) is 12.4 Å². The molecule has 1 fully saturated rings. The molecule has 0 radical (unpaired) electrons. The Morgan fingerprint density at radius 2 is 2.10 bits per heavy atom. The number of anilines is 1. The number of aromatic nitrogens is 4. The lowest BCUT2D eigenvalue weighted by atomic mass is 9.98. The van der Waals surface area contributed by atoms with E-state index in [-0.39, 0.29) is 23.0 Å². The van der Waals surface area contributed by atoms with Gasteiger partial charge in [-0.15, -0.1) is 0 Å². The molecule has 2 aromatic heterocycles. The summed E-state index contributed by atoms with van der Waals surface area (Å²) in [6, 6.07) is 7.71. The van der Waals surface area contributed by atoms with E-state index >= 15 is 4.39 Å². The summed E-state index contributed by atoms with van der Waals surface area (Å²) in [5.74, 6) is -0.150. The highest BCUT2D eigenvalue weighted by Crippen LogP contribution is 2.48. The molecule has 6 atom stereocenters. The van der Waals surface area contributed by atoms with Crippen molar-refractivity contribution in [2.45, 2.75) is 50.9 Å². The van der Waals surface area contributed by atoms with Crippen LogP contribution in [0.4, 0.5) is 10.3 Å². The van der Waals surface area contributed by atoms with Crippen molar-refractivity contribution in [1.29, 1.82) is 0 Å². The molecular weight excluding hydrogens is 554 g/mol. The smallest absolute Gasteiger partial charge is 0.323 e. The molecule has 1 aliphatic rings. The Kier molecular flexibility index (Phi) is 8.69. The van der Waals surface area contributed by atoms with Crippen LogP contribution in [0.1, 0.15) is 27.0 Å². The van der Waals surface area contributed by atoms with Gasteiger partial charge in [0.15, 0.2) is 23.6 Å². The number of ether oxygens (including phenoxy) is 3. The van der Waals surface area contributed by atoms with E-state index in [1.807, 2.05) is 0 Å². The molecule has 16 heteroatoms. The molecule has 0 saturated carbocycles. The fourth-order valence-electron chi connectivity index (χ4n) is 4.02. The number of hydrogen-bond donors (Lipinski definition) is 3. The van der Waals surface area contributed by atoms with Gasteiger partial charge >= 0.3 is 12.6 Å². The molecule has 39 heavy (non-hydrogen) atoms. The normalized spacial score (nSPS) is 25.2. The first-order chi connectivity index (χ1) is 18.5. The zero-order valence-corrected chi connectivity index (χ0v) is 23.4. The Morgan fingerprint density at radius 3 is 2.77 bits per heavy atom. The van der Waals surface area contributed by atoms with Gasteiger partial charge in [0.25, 0.3) is 0 Å². The van der Waals surface area contributed by atoms with Crippen molar-refractivity contribution in [3.05, 3.63) is 36.7 Å². The topological polar surface area (TPSA) is 165 Å². The zero-order valence-electron chi connectivity index (χ0n) is 21.7. The Labute approximate surface area is 229 Å². The van der Waals surface area contributed by atoms with E-state index in [4.69, 9.17) is 40.8 Å². The molecule has 0 amide bonds.